The van der Waals surface area contributed by atoms with Crippen molar-refractivity contribution < 1.29 is 0 Å². The molecule has 2 aromatic heterocycles. The van der Waals surface area contributed by atoms with Crippen LogP contribution in [0.3, 0.4) is 0 Å². The van der Waals surface area contributed by atoms with Crippen LogP contribution in [0.25, 0.3) is 0 Å². The van der Waals surface area contributed by atoms with Crippen molar-refractivity contribution in [1.82, 2.24) is 19.5 Å². The Balaban J connectivity index is 2.28. The van der Waals surface area contributed by atoms with Gasteiger partial charge >= 0.3 is 0 Å². The SMILES string of the molecule is CNc1cc(Sc2nccn2C)nc(N)n1. The minimum Gasteiger partial charge on any atom is -0.373 e. The topological polar surface area (TPSA) is 81.7 Å². The lowest BCUT2D eigenvalue weighted by Gasteiger charge is -2.04. The zero-order chi connectivity index (χ0) is 11.5. The summed E-state index contributed by atoms with van der Waals surface area (Å²) < 4.78 is 1.92. The normalized spacial score (nSPS) is 10.4. The molecule has 0 aliphatic heterocycles. The molecule has 0 atom stereocenters. The number of imidazole rings is 1. The van der Waals surface area contributed by atoms with Gasteiger partial charge in [0.2, 0.25) is 5.95 Å². The van der Waals surface area contributed by atoms with Gasteiger partial charge in [0, 0.05) is 32.6 Å². The summed E-state index contributed by atoms with van der Waals surface area (Å²) in [4.78, 5) is 12.4. The summed E-state index contributed by atoms with van der Waals surface area (Å²) in [6, 6.07) is 1.83. The third-order valence-corrected chi connectivity index (χ3v) is 2.94. The van der Waals surface area contributed by atoms with Crippen molar-refractivity contribution in [3.63, 3.8) is 0 Å². The molecule has 6 nitrogen and oxygen atoms in total. The summed E-state index contributed by atoms with van der Waals surface area (Å²) in [5, 5.41) is 4.56. The molecular formula is C9H12N6S. The minimum atomic E-state index is 0.253. The molecule has 0 saturated carbocycles. The summed E-state index contributed by atoms with van der Waals surface area (Å²) in [5.41, 5.74) is 5.60. The predicted molar refractivity (Wildman–Crippen MR) is 63.3 cm³/mol. The summed E-state index contributed by atoms with van der Waals surface area (Å²) in [6.07, 6.45) is 3.62. The number of nitrogens with one attached hydrogen (secondary N) is 1. The van der Waals surface area contributed by atoms with Gasteiger partial charge in [0.15, 0.2) is 5.16 Å². The average molecular weight is 236 g/mol. The van der Waals surface area contributed by atoms with Gasteiger partial charge in [-0.05, 0) is 11.8 Å². The Hall–Kier alpha value is -1.76. The Morgan fingerprint density at radius 3 is 2.88 bits per heavy atom. The maximum absolute atomic E-state index is 5.60. The van der Waals surface area contributed by atoms with Crippen LogP contribution in [0.15, 0.2) is 28.6 Å². The maximum Gasteiger partial charge on any atom is 0.223 e. The van der Waals surface area contributed by atoms with Gasteiger partial charge in [0.1, 0.15) is 10.8 Å². The van der Waals surface area contributed by atoms with Crippen molar-refractivity contribution in [2.75, 3.05) is 18.1 Å². The van der Waals surface area contributed by atoms with Crippen molar-refractivity contribution in [2.24, 2.45) is 7.05 Å². The number of anilines is 2. The van der Waals surface area contributed by atoms with E-state index in [9.17, 15) is 0 Å². The molecule has 16 heavy (non-hydrogen) atoms. The lowest BCUT2D eigenvalue weighted by atomic mass is 10.6. The van der Waals surface area contributed by atoms with E-state index in [2.05, 4.69) is 20.3 Å². The number of nitrogens with zero attached hydrogens (tertiary/aromatic N) is 4. The highest BCUT2D eigenvalue weighted by molar-refractivity contribution is 7.99. The first-order chi connectivity index (χ1) is 7.69. The van der Waals surface area contributed by atoms with Gasteiger partial charge in [-0.1, -0.05) is 0 Å². The van der Waals surface area contributed by atoms with Crippen LogP contribution in [0.1, 0.15) is 0 Å². The minimum absolute atomic E-state index is 0.253. The molecule has 0 unspecified atom stereocenters. The first kappa shape index (κ1) is 10.7. The smallest absolute Gasteiger partial charge is 0.223 e. The Bertz CT molecular complexity index is 494. The van der Waals surface area contributed by atoms with Crippen molar-refractivity contribution >= 4 is 23.5 Å². The molecule has 84 valence electrons. The molecule has 0 aliphatic rings. The summed E-state index contributed by atoms with van der Waals surface area (Å²) in [7, 11) is 3.72. The van der Waals surface area contributed by atoms with Crippen LogP contribution in [-0.4, -0.2) is 26.6 Å². The average Bonchev–Trinajstić information content (AvgIpc) is 2.63. The van der Waals surface area contributed by atoms with Crippen LogP contribution in [0.2, 0.25) is 0 Å². The fraction of sp³-hybridized carbons (Fsp3) is 0.222. The highest BCUT2D eigenvalue weighted by atomic mass is 32.2. The number of aryl methyl sites for hydroxylation is 1. The van der Waals surface area contributed by atoms with Crippen LogP contribution in [0.5, 0.6) is 0 Å². The highest BCUT2D eigenvalue weighted by Crippen LogP contribution is 2.25. The van der Waals surface area contributed by atoms with E-state index in [1.807, 2.05) is 23.9 Å². The molecule has 0 spiro atoms. The second-order valence-corrected chi connectivity index (χ2v) is 4.11. The van der Waals surface area contributed by atoms with Crippen molar-refractivity contribution in [3.8, 4) is 0 Å². The molecule has 0 aliphatic carbocycles. The van der Waals surface area contributed by atoms with Gasteiger partial charge in [-0.25, -0.2) is 9.97 Å². The molecule has 0 bridgehead atoms. The van der Waals surface area contributed by atoms with Crippen molar-refractivity contribution in [3.05, 3.63) is 18.5 Å². The van der Waals surface area contributed by atoms with Crippen molar-refractivity contribution in [2.45, 2.75) is 10.2 Å². The molecule has 0 saturated heterocycles. The molecule has 0 fully saturated rings. The fourth-order valence-electron chi connectivity index (χ4n) is 1.17. The number of hydrogen-bond acceptors (Lipinski definition) is 6. The first-order valence-corrected chi connectivity index (χ1v) is 5.48. The zero-order valence-corrected chi connectivity index (χ0v) is 9.82. The second kappa shape index (κ2) is 4.40. The quantitative estimate of drug-likeness (QED) is 0.773. The summed E-state index contributed by atoms with van der Waals surface area (Å²) >= 11 is 1.45. The lowest BCUT2D eigenvalue weighted by Crippen LogP contribution is -2.01. The van der Waals surface area contributed by atoms with Gasteiger partial charge in [-0.15, -0.1) is 0 Å². The third kappa shape index (κ3) is 2.25. The van der Waals surface area contributed by atoms with Crippen molar-refractivity contribution in [1.29, 1.82) is 0 Å². The standard InChI is InChI=1S/C9H12N6S/c1-11-6-5-7(14-8(10)13-6)16-9-12-3-4-15(9)2/h3-5H,1-2H3,(H3,10,11,13,14). The Kier molecular flexibility index (Phi) is 2.95. The zero-order valence-electron chi connectivity index (χ0n) is 9.01. The van der Waals surface area contributed by atoms with E-state index in [0.717, 1.165) is 10.2 Å². The van der Waals surface area contributed by atoms with E-state index in [4.69, 9.17) is 5.73 Å². The molecule has 3 N–H and O–H groups in total. The van der Waals surface area contributed by atoms with Gasteiger partial charge in [0.25, 0.3) is 0 Å². The number of nitrogen functional groups attached to an aromatic ring is 1. The van der Waals surface area contributed by atoms with E-state index in [1.54, 1.807) is 13.2 Å². The molecule has 2 rings (SSSR count). The number of aromatic nitrogens is 4. The van der Waals surface area contributed by atoms with E-state index < -0.39 is 0 Å². The molecule has 0 amide bonds. The second-order valence-electron chi connectivity index (χ2n) is 3.12. The monoisotopic (exact) mass is 236 g/mol. The Morgan fingerprint density at radius 1 is 1.44 bits per heavy atom. The maximum atomic E-state index is 5.60. The molecule has 2 aromatic rings. The van der Waals surface area contributed by atoms with E-state index in [1.165, 1.54) is 11.8 Å². The largest absolute Gasteiger partial charge is 0.373 e. The molecule has 7 heteroatoms. The third-order valence-electron chi connectivity index (χ3n) is 1.95. The first-order valence-electron chi connectivity index (χ1n) is 4.66. The van der Waals surface area contributed by atoms with Crippen LogP contribution in [0, 0.1) is 0 Å². The van der Waals surface area contributed by atoms with Gasteiger partial charge in [-0.3, -0.25) is 0 Å². The van der Waals surface area contributed by atoms with Crippen LogP contribution in [0.4, 0.5) is 11.8 Å². The Morgan fingerprint density at radius 2 is 2.25 bits per heavy atom. The Labute approximate surface area is 97.3 Å². The molecule has 2 heterocycles. The summed E-state index contributed by atoms with van der Waals surface area (Å²) in [6.45, 7) is 0. The molecule has 0 aromatic carbocycles. The highest BCUT2D eigenvalue weighted by Gasteiger charge is 2.06. The van der Waals surface area contributed by atoms with Crippen LogP contribution < -0.4 is 11.1 Å². The predicted octanol–water partition coefficient (Wildman–Crippen LogP) is 0.985. The van der Waals surface area contributed by atoms with Gasteiger partial charge in [-0.2, -0.15) is 4.98 Å². The lowest BCUT2D eigenvalue weighted by molar-refractivity contribution is 0.788. The number of rotatable bonds is 3. The van der Waals surface area contributed by atoms with Crippen LogP contribution in [-0.2, 0) is 7.05 Å². The summed E-state index contributed by atoms with van der Waals surface area (Å²) in [5.74, 6) is 0.952. The van der Waals surface area contributed by atoms with E-state index in [-0.39, 0.29) is 5.95 Å². The van der Waals surface area contributed by atoms with E-state index >= 15 is 0 Å². The van der Waals surface area contributed by atoms with E-state index in [0.29, 0.717) is 5.82 Å². The number of hydrogen-bond donors (Lipinski definition) is 2. The van der Waals surface area contributed by atoms with Gasteiger partial charge in [0.05, 0.1) is 0 Å². The number of nitrogens with two attached hydrogens (primary N) is 1. The van der Waals surface area contributed by atoms with Crippen LogP contribution >= 0.6 is 11.8 Å². The fourth-order valence-corrected chi connectivity index (χ4v) is 1.98. The van der Waals surface area contributed by atoms with Gasteiger partial charge < -0.3 is 15.6 Å². The molecular weight excluding hydrogens is 224 g/mol. The molecule has 0 radical (unpaired) electrons.